The Morgan fingerprint density at radius 2 is 2.10 bits per heavy atom. The van der Waals surface area contributed by atoms with Crippen LogP contribution in [0.1, 0.15) is 29.3 Å². The summed E-state index contributed by atoms with van der Waals surface area (Å²) in [6.07, 6.45) is 0.424. The average molecular weight is 311 g/mol. The van der Waals surface area contributed by atoms with Crippen molar-refractivity contribution in [1.29, 1.82) is 0 Å². The van der Waals surface area contributed by atoms with Crippen LogP contribution in [0, 0.1) is 0 Å². The van der Waals surface area contributed by atoms with Crippen LogP contribution in [0.3, 0.4) is 0 Å². The number of rotatable bonds is 4. The van der Waals surface area contributed by atoms with E-state index in [0.29, 0.717) is 12.0 Å². The van der Waals surface area contributed by atoms with Crippen LogP contribution in [0.5, 0.6) is 0 Å². The molecule has 0 saturated carbocycles. The minimum Gasteiger partial charge on any atom is -0.478 e. The van der Waals surface area contributed by atoms with Crippen molar-refractivity contribution in [2.75, 3.05) is 11.5 Å². The molecule has 1 aromatic carbocycles. The summed E-state index contributed by atoms with van der Waals surface area (Å²) in [5.74, 6) is -1.33. The molecule has 0 spiro atoms. The summed E-state index contributed by atoms with van der Waals surface area (Å²) in [7, 11) is -3.08. The molecule has 1 unspecified atom stereocenters. The molecule has 1 fully saturated rings. The molecule has 0 bridgehead atoms. The van der Waals surface area contributed by atoms with E-state index in [9.17, 15) is 18.0 Å². The van der Waals surface area contributed by atoms with E-state index in [2.05, 4.69) is 5.32 Å². The lowest BCUT2D eigenvalue weighted by molar-refractivity contribution is -0.121. The fourth-order valence-corrected chi connectivity index (χ4v) is 4.58. The predicted octanol–water partition coefficient (Wildman–Crippen LogP) is 0.621. The molecule has 6 nitrogen and oxygen atoms in total. The Bertz CT molecular complexity index is 682. The van der Waals surface area contributed by atoms with Gasteiger partial charge in [0, 0.05) is 0 Å². The van der Waals surface area contributed by atoms with Crippen LogP contribution in [0.4, 0.5) is 0 Å². The normalized spacial score (nSPS) is 23.7. The van der Waals surface area contributed by atoms with Crippen LogP contribution < -0.4 is 5.32 Å². The lowest BCUT2D eigenvalue weighted by Crippen LogP contribution is -2.47. The summed E-state index contributed by atoms with van der Waals surface area (Å²) in [6.45, 7) is 1.71. The van der Waals surface area contributed by atoms with Crippen molar-refractivity contribution in [3.05, 3.63) is 35.4 Å². The first kappa shape index (κ1) is 15.5. The first-order valence-corrected chi connectivity index (χ1v) is 8.35. The Morgan fingerprint density at radius 3 is 2.67 bits per heavy atom. The number of carboxylic acids is 1. The van der Waals surface area contributed by atoms with Crippen LogP contribution in [0.25, 0.3) is 0 Å². The number of sulfone groups is 1. The molecule has 1 aliphatic rings. The van der Waals surface area contributed by atoms with Gasteiger partial charge in [-0.2, -0.15) is 0 Å². The van der Waals surface area contributed by atoms with Gasteiger partial charge >= 0.3 is 5.97 Å². The van der Waals surface area contributed by atoms with Gasteiger partial charge in [0.25, 0.3) is 0 Å². The maximum atomic E-state index is 12.0. The van der Waals surface area contributed by atoms with Gasteiger partial charge in [-0.1, -0.05) is 12.1 Å². The lowest BCUT2D eigenvalue weighted by atomic mass is 10.0. The maximum absolute atomic E-state index is 12.0. The molecule has 0 aromatic heterocycles. The van der Waals surface area contributed by atoms with Gasteiger partial charge in [0.1, 0.15) is 0 Å². The van der Waals surface area contributed by atoms with E-state index >= 15 is 0 Å². The third-order valence-electron chi connectivity index (χ3n) is 3.48. The van der Waals surface area contributed by atoms with Crippen molar-refractivity contribution in [3.8, 4) is 0 Å². The molecule has 0 radical (unpaired) electrons. The summed E-state index contributed by atoms with van der Waals surface area (Å²) >= 11 is 0. The van der Waals surface area contributed by atoms with Crippen molar-refractivity contribution < 1.29 is 23.1 Å². The van der Waals surface area contributed by atoms with Gasteiger partial charge in [-0.3, -0.25) is 4.79 Å². The molecule has 7 heteroatoms. The third kappa shape index (κ3) is 4.04. The van der Waals surface area contributed by atoms with E-state index in [1.807, 2.05) is 0 Å². The minimum absolute atomic E-state index is 0.0246. The number of benzene rings is 1. The van der Waals surface area contributed by atoms with Gasteiger partial charge in [0.15, 0.2) is 9.84 Å². The fraction of sp³-hybridized carbons (Fsp3) is 0.429. The average Bonchev–Trinajstić information content (AvgIpc) is 2.63. The minimum atomic E-state index is -3.08. The van der Waals surface area contributed by atoms with Gasteiger partial charge < -0.3 is 10.4 Å². The van der Waals surface area contributed by atoms with E-state index in [4.69, 9.17) is 5.11 Å². The van der Waals surface area contributed by atoms with Crippen LogP contribution in [-0.2, 0) is 21.1 Å². The van der Waals surface area contributed by atoms with Gasteiger partial charge in [-0.25, -0.2) is 13.2 Å². The second-order valence-corrected chi connectivity index (χ2v) is 7.82. The standard InChI is InChI=1S/C14H17NO5S/c1-14(5-6-21(19,20)9-14)15-12(16)8-10-3-2-4-11(7-10)13(17)18/h2-4,7H,5-6,8-9H2,1H3,(H,15,16)(H,17,18). The molecule has 1 amide bonds. The Kier molecular flexibility index (Phi) is 4.04. The number of hydrogen-bond acceptors (Lipinski definition) is 4. The van der Waals surface area contributed by atoms with E-state index in [0.717, 1.165) is 0 Å². The lowest BCUT2D eigenvalue weighted by Gasteiger charge is -2.23. The van der Waals surface area contributed by atoms with Crippen LogP contribution in [0.15, 0.2) is 24.3 Å². The largest absolute Gasteiger partial charge is 0.478 e. The number of carboxylic acid groups (broad SMARTS) is 1. The quantitative estimate of drug-likeness (QED) is 0.849. The molecule has 1 heterocycles. The number of aromatic carboxylic acids is 1. The highest BCUT2D eigenvalue weighted by molar-refractivity contribution is 7.91. The zero-order valence-corrected chi connectivity index (χ0v) is 12.4. The Labute approximate surface area is 123 Å². The van der Waals surface area contributed by atoms with Crippen molar-refractivity contribution in [1.82, 2.24) is 5.32 Å². The highest BCUT2D eigenvalue weighted by Crippen LogP contribution is 2.22. The van der Waals surface area contributed by atoms with Gasteiger partial charge in [0.05, 0.1) is 29.0 Å². The molecule has 2 N–H and O–H groups in total. The Balaban J connectivity index is 2.02. The predicted molar refractivity (Wildman–Crippen MR) is 76.9 cm³/mol. The Hall–Kier alpha value is -1.89. The van der Waals surface area contributed by atoms with Crippen LogP contribution >= 0.6 is 0 Å². The summed E-state index contributed by atoms with van der Waals surface area (Å²) in [6, 6.07) is 6.14. The van der Waals surface area contributed by atoms with E-state index < -0.39 is 21.3 Å². The second kappa shape index (κ2) is 5.48. The van der Waals surface area contributed by atoms with Crippen molar-refractivity contribution in [2.45, 2.75) is 25.3 Å². The molecule has 1 aliphatic heterocycles. The smallest absolute Gasteiger partial charge is 0.335 e. The first-order valence-electron chi connectivity index (χ1n) is 6.53. The molecule has 1 atom stereocenters. The van der Waals surface area contributed by atoms with Crippen molar-refractivity contribution >= 4 is 21.7 Å². The number of nitrogens with one attached hydrogen (secondary N) is 1. The summed E-state index contributed by atoms with van der Waals surface area (Å²) < 4.78 is 23.0. The monoisotopic (exact) mass is 311 g/mol. The second-order valence-electron chi connectivity index (χ2n) is 5.63. The highest BCUT2D eigenvalue weighted by atomic mass is 32.2. The third-order valence-corrected chi connectivity index (χ3v) is 5.39. The zero-order chi connectivity index (χ0) is 15.7. The molecule has 21 heavy (non-hydrogen) atoms. The summed E-state index contributed by atoms with van der Waals surface area (Å²) in [5, 5.41) is 11.6. The molecule has 2 rings (SSSR count). The summed E-state index contributed by atoms with van der Waals surface area (Å²) in [4.78, 5) is 22.9. The maximum Gasteiger partial charge on any atom is 0.335 e. The van der Waals surface area contributed by atoms with E-state index in [-0.39, 0.29) is 29.4 Å². The van der Waals surface area contributed by atoms with E-state index in [1.165, 1.54) is 12.1 Å². The van der Waals surface area contributed by atoms with Gasteiger partial charge in [-0.05, 0) is 31.0 Å². The molecule has 0 aliphatic carbocycles. The van der Waals surface area contributed by atoms with E-state index in [1.54, 1.807) is 19.1 Å². The molecule has 114 valence electrons. The number of hydrogen-bond donors (Lipinski definition) is 2. The van der Waals surface area contributed by atoms with Crippen molar-refractivity contribution in [3.63, 3.8) is 0 Å². The highest BCUT2D eigenvalue weighted by Gasteiger charge is 2.39. The number of carbonyl (C=O) groups excluding carboxylic acids is 1. The number of amides is 1. The topological polar surface area (TPSA) is 101 Å². The van der Waals surface area contributed by atoms with Crippen LogP contribution in [0.2, 0.25) is 0 Å². The Morgan fingerprint density at radius 1 is 1.38 bits per heavy atom. The van der Waals surface area contributed by atoms with Gasteiger partial charge in [0.2, 0.25) is 5.91 Å². The molecule has 1 aromatic rings. The summed E-state index contributed by atoms with van der Waals surface area (Å²) in [5.41, 5.74) is -0.0350. The van der Waals surface area contributed by atoms with Crippen LogP contribution in [-0.4, -0.2) is 42.4 Å². The molecular weight excluding hydrogens is 294 g/mol. The SMILES string of the molecule is CC1(NC(=O)Cc2cccc(C(=O)O)c2)CCS(=O)(=O)C1. The van der Waals surface area contributed by atoms with Crippen molar-refractivity contribution in [2.24, 2.45) is 0 Å². The molecule has 1 saturated heterocycles. The van der Waals surface area contributed by atoms with Gasteiger partial charge in [-0.15, -0.1) is 0 Å². The fourth-order valence-electron chi connectivity index (χ4n) is 2.49. The molecular formula is C14H17NO5S. The number of carbonyl (C=O) groups is 2. The first-order chi connectivity index (χ1) is 9.69. The zero-order valence-electron chi connectivity index (χ0n) is 11.6.